The number of aliphatic hydroxyl groups is 1. The highest BCUT2D eigenvalue weighted by molar-refractivity contribution is 5.85. The zero-order valence-electron chi connectivity index (χ0n) is 6.82. The summed E-state index contributed by atoms with van der Waals surface area (Å²) in [5.41, 5.74) is 0.789. The number of carbonyl (C=O) groups excluding carboxylic acids is 1. The molecule has 1 aliphatic heterocycles. The van der Waals surface area contributed by atoms with Gasteiger partial charge in [-0.25, -0.2) is 4.79 Å². The quantitative estimate of drug-likeness (QED) is 0.593. The maximum atomic E-state index is 10.8. The monoisotopic (exact) mass is 168 g/mol. The van der Waals surface area contributed by atoms with E-state index in [9.17, 15) is 9.90 Å². The molecule has 2 rings (SSSR count). The average Bonchev–Trinajstić information content (AvgIpc) is 2.58. The van der Waals surface area contributed by atoms with Gasteiger partial charge >= 0.3 is 5.97 Å². The number of aliphatic hydroxyl groups excluding tert-OH is 1. The Morgan fingerprint density at radius 2 is 2.08 bits per heavy atom. The summed E-state index contributed by atoms with van der Waals surface area (Å²) < 4.78 is 4.61. The second kappa shape index (κ2) is 2.90. The van der Waals surface area contributed by atoms with Crippen molar-refractivity contribution in [3.63, 3.8) is 0 Å². The van der Waals surface area contributed by atoms with Crippen molar-refractivity contribution in [1.29, 1.82) is 0 Å². The van der Waals surface area contributed by atoms with Crippen LogP contribution in [0.25, 0.3) is 0 Å². The summed E-state index contributed by atoms with van der Waals surface area (Å²) in [5.74, 6) is -0.0177. The predicted octanol–water partition coefficient (Wildman–Crippen LogP) is 0.978. The first-order valence-electron chi connectivity index (χ1n) is 4.37. The summed E-state index contributed by atoms with van der Waals surface area (Å²) in [6.07, 6.45) is 5.05. The van der Waals surface area contributed by atoms with Gasteiger partial charge in [0.15, 0.2) is 0 Å². The van der Waals surface area contributed by atoms with Crippen molar-refractivity contribution in [2.75, 3.05) is 0 Å². The lowest BCUT2D eigenvalue weighted by molar-refractivity contribution is -0.151. The van der Waals surface area contributed by atoms with Crippen LogP contribution in [0.2, 0.25) is 0 Å². The van der Waals surface area contributed by atoms with Crippen molar-refractivity contribution in [2.45, 2.75) is 32.0 Å². The minimum atomic E-state index is -0.958. The SMILES string of the molecule is O=C1C=C(C2CCCC2)C(O)O1. The second-order valence-corrected chi connectivity index (χ2v) is 3.41. The van der Waals surface area contributed by atoms with Gasteiger partial charge in [0.1, 0.15) is 0 Å². The predicted molar refractivity (Wildman–Crippen MR) is 42.1 cm³/mol. The van der Waals surface area contributed by atoms with Gasteiger partial charge in [-0.3, -0.25) is 0 Å². The fourth-order valence-corrected chi connectivity index (χ4v) is 2.00. The first kappa shape index (κ1) is 7.80. The molecular weight excluding hydrogens is 156 g/mol. The lowest BCUT2D eigenvalue weighted by atomic mass is 9.98. The van der Waals surface area contributed by atoms with Gasteiger partial charge in [-0.2, -0.15) is 0 Å². The van der Waals surface area contributed by atoms with Crippen molar-refractivity contribution in [2.24, 2.45) is 5.92 Å². The first-order chi connectivity index (χ1) is 5.77. The highest BCUT2D eigenvalue weighted by Crippen LogP contribution is 2.34. The Balaban J connectivity index is 2.11. The maximum absolute atomic E-state index is 10.8. The fraction of sp³-hybridized carbons (Fsp3) is 0.667. The van der Waals surface area contributed by atoms with E-state index in [0.717, 1.165) is 18.4 Å². The standard InChI is InChI=1S/C9H12O3/c10-8-5-7(9(11)12-8)6-3-1-2-4-6/h5-6,9,11H,1-4H2. The van der Waals surface area contributed by atoms with Crippen LogP contribution in [0, 0.1) is 5.92 Å². The van der Waals surface area contributed by atoms with Gasteiger partial charge in [0.2, 0.25) is 6.29 Å². The number of esters is 1. The van der Waals surface area contributed by atoms with Crippen LogP contribution in [0.15, 0.2) is 11.6 Å². The third-order valence-electron chi connectivity index (χ3n) is 2.62. The van der Waals surface area contributed by atoms with Crippen LogP contribution in [0.5, 0.6) is 0 Å². The third kappa shape index (κ3) is 1.25. The van der Waals surface area contributed by atoms with Crippen LogP contribution >= 0.6 is 0 Å². The molecule has 66 valence electrons. The smallest absolute Gasteiger partial charge is 0.333 e. The minimum absolute atomic E-state index is 0.381. The zero-order chi connectivity index (χ0) is 8.55. The highest BCUT2D eigenvalue weighted by atomic mass is 16.6. The Morgan fingerprint density at radius 3 is 2.58 bits per heavy atom. The first-order valence-corrected chi connectivity index (χ1v) is 4.37. The molecule has 12 heavy (non-hydrogen) atoms. The summed E-state index contributed by atoms with van der Waals surface area (Å²) in [6.45, 7) is 0. The Morgan fingerprint density at radius 1 is 1.42 bits per heavy atom. The normalized spacial score (nSPS) is 30.6. The van der Waals surface area contributed by atoms with Crippen LogP contribution in [-0.2, 0) is 9.53 Å². The lowest BCUT2D eigenvalue weighted by Crippen LogP contribution is -2.14. The summed E-state index contributed by atoms with van der Waals surface area (Å²) >= 11 is 0. The molecule has 2 aliphatic rings. The molecule has 1 unspecified atom stereocenters. The summed E-state index contributed by atoms with van der Waals surface area (Å²) in [7, 11) is 0. The number of rotatable bonds is 1. The number of ether oxygens (including phenoxy) is 1. The van der Waals surface area contributed by atoms with Gasteiger partial charge in [0.25, 0.3) is 0 Å². The molecule has 1 aliphatic carbocycles. The molecule has 1 N–H and O–H groups in total. The Hall–Kier alpha value is -0.830. The fourth-order valence-electron chi connectivity index (χ4n) is 2.00. The van der Waals surface area contributed by atoms with Gasteiger partial charge in [-0.05, 0) is 18.8 Å². The van der Waals surface area contributed by atoms with E-state index in [0.29, 0.717) is 5.92 Å². The van der Waals surface area contributed by atoms with Crippen molar-refractivity contribution < 1.29 is 14.6 Å². The number of hydrogen-bond acceptors (Lipinski definition) is 3. The van der Waals surface area contributed by atoms with Crippen LogP contribution in [0.4, 0.5) is 0 Å². The molecule has 0 aromatic heterocycles. The molecule has 0 aromatic carbocycles. The van der Waals surface area contributed by atoms with Gasteiger partial charge in [0.05, 0.1) is 0 Å². The number of carbonyl (C=O) groups is 1. The van der Waals surface area contributed by atoms with E-state index in [2.05, 4.69) is 4.74 Å². The third-order valence-corrected chi connectivity index (χ3v) is 2.62. The maximum Gasteiger partial charge on any atom is 0.333 e. The zero-order valence-corrected chi connectivity index (χ0v) is 6.82. The molecule has 1 fully saturated rings. The highest BCUT2D eigenvalue weighted by Gasteiger charge is 2.31. The van der Waals surface area contributed by atoms with Crippen molar-refractivity contribution in [3.05, 3.63) is 11.6 Å². The van der Waals surface area contributed by atoms with E-state index >= 15 is 0 Å². The summed E-state index contributed by atoms with van der Waals surface area (Å²) in [4.78, 5) is 10.8. The van der Waals surface area contributed by atoms with Crippen LogP contribution in [-0.4, -0.2) is 17.4 Å². The molecule has 1 atom stereocenters. The Labute approximate surface area is 71.0 Å². The van der Waals surface area contributed by atoms with Crippen molar-refractivity contribution in [1.82, 2.24) is 0 Å². The summed E-state index contributed by atoms with van der Waals surface area (Å²) in [6, 6.07) is 0. The molecule has 0 bridgehead atoms. The van der Waals surface area contributed by atoms with Gasteiger partial charge < -0.3 is 9.84 Å². The van der Waals surface area contributed by atoms with Crippen molar-refractivity contribution in [3.8, 4) is 0 Å². The van der Waals surface area contributed by atoms with E-state index in [1.54, 1.807) is 0 Å². The second-order valence-electron chi connectivity index (χ2n) is 3.41. The molecular formula is C9H12O3. The van der Waals surface area contributed by atoms with Crippen LogP contribution in [0.3, 0.4) is 0 Å². The van der Waals surface area contributed by atoms with E-state index in [-0.39, 0.29) is 0 Å². The van der Waals surface area contributed by atoms with E-state index < -0.39 is 12.3 Å². The van der Waals surface area contributed by atoms with E-state index in [1.165, 1.54) is 18.9 Å². The van der Waals surface area contributed by atoms with Gasteiger partial charge in [-0.1, -0.05) is 12.8 Å². The molecule has 0 spiro atoms. The topological polar surface area (TPSA) is 46.5 Å². The summed E-state index contributed by atoms with van der Waals surface area (Å²) in [5, 5.41) is 9.31. The Kier molecular flexibility index (Phi) is 1.89. The molecule has 1 saturated carbocycles. The average molecular weight is 168 g/mol. The van der Waals surface area contributed by atoms with E-state index in [4.69, 9.17) is 0 Å². The molecule has 0 amide bonds. The van der Waals surface area contributed by atoms with Gasteiger partial charge in [-0.15, -0.1) is 0 Å². The minimum Gasteiger partial charge on any atom is -0.429 e. The van der Waals surface area contributed by atoms with E-state index in [1.807, 2.05) is 0 Å². The largest absolute Gasteiger partial charge is 0.429 e. The number of cyclic esters (lactones) is 1. The molecule has 0 radical (unpaired) electrons. The lowest BCUT2D eigenvalue weighted by Gasteiger charge is -2.12. The molecule has 1 heterocycles. The molecule has 0 aromatic rings. The Bertz CT molecular complexity index is 226. The van der Waals surface area contributed by atoms with Crippen LogP contribution < -0.4 is 0 Å². The van der Waals surface area contributed by atoms with Gasteiger partial charge in [0, 0.05) is 11.6 Å². The molecule has 3 nitrogen and oxygen atoms in total. The van der Waals surface area contributed by atoms with Crippen LogP contribution in [0.1, 0.15) is 25.7 Å². The molecule has 0 saturated heterocycles. The van der Waals surface area contributed by atoms with Crippen molar-refractivity contribution >= 4 is 5.97 Å². The number of hydrogen-bond donors (Lipinski definition) is 1. The molecule has 3 heteroatoms.